The van der Waals surface area contributed by atoms with Crippen molar-refractivity contribution in [3.8, 4) is 5.69 Å². The highest BCUT2D eigenvalue weighted by Crippen LogP contribution is 2.21. The van der Waals surface area contributed by atoms with Crippen molar-refractivity contribution in [1.29, 1.82) is 0 Å². The lowest BCUT2D eigenvalue weighted by atomic mass is 10.0. The van der Waals surface area contributed by atoms with E-state index >= 15 is 0 Å². The maximum Gasteiger partial charge on any atom is 0.247 e. The van der Waals surface area contributed by atoms with Crippen molar-refractivity contribution in [2.24, 2.45) is 0 Å². The minimum Gasteiger partial charge on any atom is -0.369 e. The van der Waals surface area contributed by atoms with Crippen LogP contribution < -0.4 is 15.5 Å². The van der Waals surface area contributed by atoms with Crippen molar-refractivity contribution in [1.82, 2.24) is 30.4 Å². The van der Waals surface area contributed by atoms with Crippen LogP contribution in [0, 0.1) is 0 Å². The Kier molecular flexibility index (Phi) is 9.02. The number of piperazine rings is 1. The van der Waals surface area contributed by atoms with Gasteiger partial charge in [-0.1, -0.05) is 41.9 Å². The van der Waals surface area contributed by atoms with Crippen LogP contribution in [0.15, 0.2) is 85.2 Å². The molecule has 210 valence electrons. The number of tetrazole rings is 1. The lowest BCUT2D eigenvalue weighted by Gasteiger charge is -2.34. The first-order valence-corrected chi connectivity index (χ1v) is 13.7. The monoisotopic (exact) mass is 570 g/mol. The Bertz CT molecular complexity index is 1480. The maximum atomic E-state index is 13.4. The van der Waals surface area contributed by atoms with Crippen molar-refractivity contribution >= 4 is 40.9 Å². The summed E-state index contributed by atoms with van der Waals surface area (Å²) in [6.07, 6.45) is 4.78. The minimum atomic E-state index is -0.801. The molecule has 11 heteroatoms. The molecule has 4 aromatic rings. The van der Waals surface area contributed by atoms with Crippen molar-refractivity contribution in [2.75, 3.05) is 43.4 Å². The van der Waals surface area contributed by atoms with Crippen LogP contribution in [0.3, 0.4) is 0 Å². The number of hydrogen-bond donors (Lipinski definition) is 2. The van der Waals surface area contributed by atoms with Gasteiger partial charge in [-0.25, -0.2) is 0 Å². The first-order valence-electron chi connectivity index (χ1n) is 13.3. The van der Waals surface area contributed by atoms with Gasteiger partial charge in [-0.05, 0) is 71.6 Å². The van der Waals surface area contributed by atoms with Crippen LogP contribution in [0.1, 0.15) is 11.1 Å². The number of benzene rings is 3. The van der Waals surface area contributed by atoms with Crippen LogP contribution in [-0.2, 0) is 16.0 Å². The van der Waals surface area contributed by atoms with Crippen LogP contribution in [0.4, 0.5) is 11.4 Å². The fourth-order valence-electron chi connectivity index (χ4n) is 4.63. The lowest BCUT2D eigenvalue weighted by Crippen LogP contribution is -2.45. The average molecular weight is 571 g/mol. The molecule has 41 heavy (non-hydrogen) atoms. The van der Waals surface area contributed by atoms with Gasteiger partial charge in [0.15, 0.2) is 0 Å². The number of anilines is 2. The Balaban J connectivity index is 1.28. The number of carbonyl (C=O) groups excluding carboxylic acids is 2. The second-order valence-corrected chi connectivity index (χ2v) is 10.3. The molecule has 0 aliphatic carbocycles. The Morgan fingerprint density at radius 1 is 1.00 bits per heavy atom. The number of nitrogens with one attached hydrogen (secondary N) is 2. The molecule has 1 aliphatic heterocycles. The Labute approximate surface area is 243 Å². The van der Waals surface area contributed by atoms with Crippen LogP contribution in [0.2, 0.25) is 5.02 Å². The zero-order valence-corrected chi connectivity index (χ0v) is 23.4. The van der Waals surface area contributed by atoms with Gasteiger partial charge in [0.25, 0.3) is 0 Å². The Morgan fingerprint density at radius 3 is 2.46 bits per heavy atom. The lowest BCUT2D eigenvalue weighted by molar-refractivity contribution is -0.123. The predicted molar refractivity (Wildman–Crippen MR) is 160 cm³/mol. The molecule has 5 rings (SSSR count). The van der Waals surface area contributed by atoms with Crippen molar-refractivity contribution in [3.63, 3.8) is 0 Å². The third-order valence-electron chi connectivity index (χ3n) is 6.92. The van der Waals surface area contributed by atoms with E-state index in [0.29, 0.717) is 28.4 Å². The predicted octanol–water partition coefficient (Wildman–Crippen LogP) is 3.45. The summed E-state index contributed by atoms with van der Waals surface area (Å²) >= 11 is 6.19. The number of likely N-dealkylation sites (N-methyl/N-ethyl adjacent to an activating group) is 1. The highest BCUT2D eigenvalue weighted by molar-refractivity contribution is 6.30. The molecule has 0 spiro atoms. The summed E-state index contributed by atoms with van der Waals surface area (Å²) in [4.78, 5) is 31.1. The van der Waals surface area contributed by atoms with Crippen molar-refractivity contribution in [2.45, 2.75) is 12.5 Å². The number of carbonyl (C=O) groups is 2. The quantitative estimate of drug-likeness (QED) is 0.297. The number of rotatable bonds is 9. The third kappa shape index (κ3) is 7.56. The molecule has 0 bridgehead atoms. The van der Waals surface area contributed by atoms with Gasteiger partial charge < -0.3 is 20.4 Å². The molecule has 0 unspecified atom stereocenters. The molecule has 1 aliphatic rings. The molecule has 10 nitrogen and oxygen atoms in total. The van der Waals surface area contributed by atoms with Gasteiger partial charge in [-0.3, -0.25) is 9.59 Å². The molecular formula is C30H31ClN8O2. The fraction of sp³-hybridized carbons (Fsp3) is 0.233. The SMILES string of the molecule is CN1CCN(c2ccc(NC(=O)[C@H](Cc3ccccc3)NC(=O)C=Cc3cc(Cl)ccc3-n3cnnn3)cc2)CC1. The molecule has 2 heterocycles. The van der Waals surface area contributed by atoms with Crippen LogP contribution in [-0.4, -0.2) is 76.2 Å². The van der Waals surface area contributed by atoms with Gasteiger partial charge in [-0.15, -0.1) is 5.10 Å². The van der Waals surface area contributed by atoms with Crippen molar-refractivity contribution < 1.29 is 9.59 Å². The summed E-state index contributed by atoms with van der Waals surface area (Å²) in [5.41, 5.74) is 4.02. The van der Waals surface area contributed by atoms with E-state index in [9.17, 15) is 9.59 Å². The van der Waals surface area contributed by atoms with E-state index in [0.717, 1.165) is 37.4 Å². The van der Waals surface area contributed by atoms with Gasteiger partial charge in [0.1, 0.15) is 12.4 Å². The van der Waals surface area contributed by atoms with Crippen LogP contribution in [0.25, 0.3) is 11.8 Å². The van der Waals surface area contributed by atoms with Gasteiger partial charge in [0.2, 0.25) is 11.8 Å². The molecule has 1 atom stereocenters. The standard InChI is InChI=1S/C30H31ClN8O2/c1-37-15-17-38(18-16-37)26-11-9-25(10-12-26)33-30(41)27(19-22-5-3-2-4-6-22)34-29(40)14-7-23-20-24(31)8-13-28(23)39-21-32-35-36-39/h2-14,20-21,27H,15-19H2,1H3,(H,33,41)(H,34,40)/t27-/m0/s1. The van der Waals surface area contributed by atoms with Gasteiger partial charge in [0, 0.05) is 60.6 Å². The van der Waals surface area contributed by atoms with Crippen molar-refractivity contribution in [3.05, 3.63) is 101 Å². The zero-order chi connectivity index (χ0) is 28.6. The summed E-state index contributed by atoms with van der Waals surface area (Å²) < 4.78 is 1.48. The molecular weight excluding hydrogens is 540 g/mol. The summed E-state index contributed by atoms with van der Waals surface area (Å²) in [7, 11) is 2.13. The largest absolute Gasteiger partial charge is 0.369 e. The van der Waals surface area contributed by atoms with E-state index in [1.807, 2.05) is 54.6 Å². The molecule has 2 amide bonds. The number of halogens is 1. The molecule has 2 N–H and O–H groups in total. The highest BCUT2D eigenvalue weighted by Gasteiger charge is 2.21. The first kappa shape index (κ1) is 28.0. The Morgan fingerprint density at radius 2 is 1.76 bits per heavy atom. The van der Waals surface area contributed by atoms with Crippen LogP contribution >= 0.6 is 11.6 Å². The third-order valence-corrected chi connectivity index (χ3v) is 7.15. The zero-order valence-electron chi connectivity index (χ0n) is 22.7. The molecule has 1 saturated heterocycles. The van der Waals surface area contributed by atoms with Gasteiger partial charge >= 0.3 is 0 Å². The van der Waals surface area contributed by atoms with Gasteiger partial charge in [-0.2, -0.15) is 4.68 Å². The summed E-state index contributed by atoms with van der Waals surface area (Å²) in [6, 6.07) is 21.8. The summed E-state index contributed by atoms with van der Waals surface area (Å²) in [6.45, 7) is 3.97. The average Bonchev–Trinajstić information content (AvgIpc) is 3.52. The van der Waals surface area contributed by atoms with E-state index < -0.39 is 11.9 Å². The first-order chi connectivity index (χ1) is 19.9. The topological polar surface area (TPSA) is 108 Å². The summed E-state index contributed by atoms with van der Waals surface area (Å²) in [5, 5.41) is 17.6. The van der Waals surface area contributed by atoms with E-state index in [2.05, 4.69) is 43.0 Å². The summed E-state index contributed by atoms with van der Waals surface area (Å²) in [5.74, 6) is -0.728. The Hall–Kier alpha value is -4.54. The van der Waals surface area contributed by atoms with E-state index in [4.69, 9.17) is 11.6 Å². The second-order valence-electron chi connectivity index (χ2n) is 9.87. The highest BCUT2D eigenvalue weighted by atomic mass is 35.5. The maximum absolute atomic E-state index is 13.4. The number of nitrogens with zero attached hydrogens (tertiary/aromatic N) is 6. The normalized spacial score (nSPS) is 14.6. The molecule has 1 aromatic heterocycles. The number of amides is 2. The number of aromatic nitrogens is 4. The molecule has 0 saturated carbocycles. The smallest absolute Gasteiger partial charge is 0.247 e. The van der Waals surface area contributed by atoms with E-state index in [1.165, 1.54) is 17.1 Å². The second kappa shape index (κ2) is 13.2. The minimum absolute atomic E-state index is 0.305. The van der Waals surface area contributed by atoms with Gasteiger partial charge in [0.05, 0.1) is 5.69 Å². The molecule has 1 fully saturated rings. The van der Waals surface area contributed by atoms with E-state index in [-0.39, 0.29) is 5.91 Å². The molecule has 3 aromatic carbocycles. The molecule has 0 radical (unpaired) electrons. The fourth-order valence-corrected chi connectivity index (χ4v) is 4.81. The van der Waals surface area contributed by atoms with E-state index in [1.54, 1.807) is 24.3 Å². The van der Waals surface area contributed by atoms with Crippen LogP contribution in [0.5, 0.6) is 0 Å². The number of hydrogen-bond acceptors (Lipinski definition) is 7.